The Balaban J connectivity index is 1.32. The number of anilines is 2. The molecule has 0 radical (unpaired) electrons. The topological polar surface area (TPSA) is 62.1 Å². The molecule has 2 aromatic carbocycles. The first-order valence-corrected chi connectivity index (χ1v) is 12.0. The van der Waals surface area contributed by atoms with Gasteiger partial charge in [0.15, 0.2) is 5.82 Å². The van der Waals surface area contributed by atoms with Crippen molar-refractivity contribution < 1.29 is 9.53 Å². The lowest BCUT2D eigenvalue weighted by Gasteiger charge is -2.24. The first kappa shape index (κ1) is 21.6. The lowest BCUT2D eigenvalue weighted by atomic mass is 10.3. The van der Waals surface area contributed by atoms with Crippen LogP contribution < -0.4 is 15.0 Å². The molecule has 3 heterocycles. The molecular weight excluding hydrogens is 482 g/mol. The van der Waals surface area contributed by atoms with Crippen molar-refractivity contribution >= 4 is 50.0 Å². The number of benzene rings is 2. The molecule has 5 rings (SSSR count). The second-order valence-electron chi connectivity index (χ2n) is 8.05. The predicted octanol–water partition coefficient (Wildman–Crippen LogP) is 5.39. The fraction of sp³-hybridized carbons (Fsp3) is 0.280. The number of nitrogens with zero attached hydrogens (tertiary/aromatic N) is 4. The summed E-state index contributed by atoms with van der Waals surface area (Å²) in [6.07, 6.45) is 2.95. The van der Waals surface area contributed by atoms with Crippen molar-refractivity contribution in [2.75, 3.05) is 43.0 Å². The summed E-state index contributed by atoms with van der Waals surface area (Å²) >= 11 is 3.56. The van der Waals surface area contributed by atoms with Crippen LogP contribution in [0.4, 0.5) is 16.3 Å². The number of halogens is 1. The van der Waals surface area contributed by atoms with Gasteiger partial charge in [0.2, 0.25) is 0 Å². The zero-order chi connectivity index (χ0) is 22.8. The SMILES string of the molecule is CCOc1ccc(NC(=O)N2CCCN(c3nc4cc(Br)ccc4n4cccc34)CC2)cc1. The van der Waals surface area contributed by atoms with Crippen molar-refractivity contribution in [3.8, 4) is 5.75 Å². The van der Waals surface area contributed by atoms with E-state index >= 15 is 0 Å². The first-order chi connectivity index (χ1) is 16.1. The van der Waals surface area contributed by atoms with Crippen molar-refractivity contribution in [2.45, 2.75) is 13.3 Å². The summed E-state index contributed by atoms with van der Waals surface area (Å²) < 4.78 is 8.66. The first-order valence-electron chi connectivity index (χ1n) is 11.2. The van der Waals surface area contributed by atoms with Crippen LogP contribution in [-0.4, -0.2) is 53.1 Å². The van der Waals surface area contributed by atoms with Crippen LogP contribution >= 0.6 is 15.9 Å². The number of carbonyl (C=O) groups excluding carboxylic acids is 1. The number of ether oxygens (including phenoxy) is 1. The number of hydrogen-bond acceptors (Lipinski definition) is 4. The molecule has 1 fully saturated rings. The Hall–Kier alpha value is -3.26. The van der Waals surface area contributed by atoms with Crippen LogP contribution in [0.3, 0.4) is 0 Å². The third kappa shape index (κ3) is 4.48. The summed E-state index contributed by atoms with van der Waals surface area (Å²) in [5, 5.41) is 3.01. The van der Waals surface area contributed by atoms with Gasteiger partial charge in [0.25, 0.3) is 0 Å². The number of hydrogen-bond donors (Lipinski definition) is 1. The maximum Gasteiger partial charge on any atom is 0.321 e. The van der Waals surface area contributed by atoms with Gasteiger partial charge in [0.1, 0.15) is 5.75 Å². The van der Waals surface area contributed by atoms with E-state index in [0.29, 0.717) is 19.7 Å². The van der Waals surface area contributed by atoms with Crippen molar-refractivity contribution in [3.05, 3.63) is 65.3 Å². The molecule has 8 heteroatoms. The fourth-order valence-electron chi connectivity index (χ4n) is 4.30. The molecule has 0 spiro atoms. The van der Waals surface area contributed by atoms with E-state index in [1.54, 1.807) is 0 Å². The normalized spacial score (nSPS) is 14.5. The standard InChI is InChI=1S/C25H26BrN5O2/c1-2-33-20-9-7-19(8-10-20)27-25(32)30-13-4-12-29(15-16-30)24-23-5-3-14-31(23)22-11-6-18(26)17-21(22)28-24/h3,5-11,14,17H,2,4,12-13,15-16H2,1H3,(H,27,32). The van der Waals surface area contributed by atoms with Crippen LogP contribution in [-0.2, 0) is 0 Å². The van der Waals surface area contributed by atoms with Gasteiger partial charge in [0.05, 0.1) is 23.2 Å². The average molecular weight is 508 g/mol. The zero-order valence-electron chi connectivity index (χ0n) is 18.5. The number of aromatic nitrogens is 2. The maximum absolute atomic E-state index is 12.9. The van der Waals surface area contributed by atoms with Gasteiger partial charge in [-0.25, -0.2) is 9.78 Å². The Morgan fingerprint density at radius 2 is 1.91 bits per heavy atom. The predicted molar refractivity (Wildman–Crippen MR) is 135 cm³/mol. The lowest BCUT2D eigenvalue weighted by molar-refractivity contribution is 0.215. The highest BCUT2D eigenvalue weighted by Crippen LogP contribution is 2.28. The summed E-state index contributed by atoms with van der Waals surface area (Å²) in [4.78, 5) is 22.1. The monoisotopic (exact) mass is 507 g/mol. The summed E-state index contributed by atoms with van der Waals surface area (Å²) in [5.41, 5.74) is 3.86. The Kier molecular flexibility index (Phi) is 6.09. The van der Waals surface area contributed by atoms with Crippen molar-refractivity contribution in [2.24, 2.45) is 0 Å². The molecule has 7 nitrogen and oxygen atoms in total. The van der Waals surface area contributed by atoms with Crippen molar-refractivity contribution in [1.82, 2.24) is 14.3 Å². The van der Waals surface area contributed by atoms with Gasteiger partial charge >= 0.3 is 6.03 Å². The van der Waals surface area contributed by atoms with E-state index in [2.05, 4.69) is 54.9 Å². The highest BCUT2D eigenvalue weighted by molar-refractivity contribution is 9.10. The summed E-state index contributed by atoms with van der Waals surface area (Å²) in [7, 11) is 0. The molecular formula is C25H26BrN5O2. The Bertz CT molecular complexity index is 1290. The van der Waals surface area contributed by atoms with Crippen LogP contribution in [0.1, 0.15) is 13.3 Å². The average Bonchev–Trinajstić information content (AvgIpc) is 3.17. The molecule has 1 N–H and O–H groups in total. The van der Waals surface area contributed by atoms with Gasteiger partial charge < -0.3 is 24.3 Å². The molecule has 0 saturated carbocycles. The molecule has 0 aliphatic carbocycles. The number of carbonyl (C=O) groups is 1. The number of fused-ring (bicyclic) bond motifs is 3. The number of nitrogens with one attached hydrogen (secondary N) is 1. The molecule has 2 amide bonds. The largest absolute Gasteiger partial charge is 0.494 e. The minimum Gasteiger partial charge on any atom is -0.494 e. The Morgan fingerprint density at radius 3 is 2.73 bits per heavy atom. The number of urea groups is 1. The van der Waals surface area contributed by atoms with Gasteiger partial charge in [0, 0.05) is 42.5 Å². The van der Waals surface area contributed by atoms with Crippen LogP contribution in [0.15, 0.2) is 65.3 Å². The van der Waals surface area contributed by atoms with Gasteiger partial charge in [-0.05, 0) is 67.9 Å². The van der Waals surface area contributed by atoms with E-state index in [-0.39, 0.29) is 6.03 Å². The highest BCUT2D eigenvalue weighted by atomic mass is 79.9. The van der Waals surface area contributed by atoms with E-state index in [0.717, 1.165) is 57.8 Å². The molecule has 2 aromatic heterocycles. The molecule has 1 aliphatic heterocycles. The van der Waals surface area contributed by atoms with Gasteiger partial charge in [-0.3, -0.25) is 0 Å². The van der Waals surface area contributed by atoms with Gasteiger partial charge in [-0.1, -0.05) is 15.9 Å². The van der Waals surface area contributed by atoms with E-state index in [9.17, 15) is 4.79 Å². The minimum atomic E-state index is -0.0794. The molecule has 170 valence electrons. The molecule has 0 atom stereocenters. The maximum atomic E-state index is 12.9. The fourth-order valence-corrected chi connectivity index (χ4v) is 4.65. The zero-order valence-corrected chi connectivity index (χ0v) is 20.1. The third-order valence-electron chi connectivity index (χ3n) is 5.90. The van der Waals surface area contributed by atoms with Crippen molar-refractivity contribution in [3.63, 3.8) is 0 Å². The molecule has 4 aromatic rings. The van der Waals surface area contributed by atoms with E-state index in [1.165, 1.54) is 0 Å². The Morgan fingerprint density at radius 1 is 1.06 bits per heavy atom. The second-order valence-corrected chi connectivity index (χ2v) is 8.96. The molecule has 33 heavy (non-hydrogen) atoms. The molecule has 0 unspecified atom stereocenters. The molecule has 0 bridgehead atoms. The molecule has 1 saturated heterocycles. The van der Waals surface area contributed by atoms with Gasteiger partial charge in [-0.15, -0.1) is 0 Å². The summed E-state index contributed by atoms with van der Waals surface area (Å²) in [5.74, 6) is 1.76. The van der Waals surface area contributed by atoms with Crippen LogP contribution in [0.5, 0.6) is 5.75 Å². The summed E-state index contributed by atoms with van der Waals surface area (Å²) in [6.45, 7) is 5.48. The minimum absolute atomic E-state index is 0.0794. The van der Waals surface area contributed by atoms with Crippen LogP contribution in [0.25, 0.3) is 16.6 Å². The lowest BCUT2D eigenvalue weighted by Crippen LogP contribution is -2.38. The van der Waals surface area contributed by atoms with Gasteiger partial charge in [-0.2, -0.15) is 0 Å². The van der Waals surface area contributed by atoms with E-state index < -0.39 is 0 Å². The number of rotatable bonds is 4. The van der Waals surface area contributed by atoms with Crippen molar-refractivity contribution in [1.29, 1.82) is 0 Å². The summed E-state index contributed by atoms with van der Waals surface area (Å²) in [6, 6.07) is 17.7. The second kappa shape index (κ2) is 9.31. The molecule has 1 aliphatic rings. The van der Waals surface area contributed by atoms with Crippen LogP contribution in [0.2, 0.25) is 0 Å². The number of amides is 2. The smallest absolute Gasteiger partial charge is 0.321 e. The third-order valence-corrected chi connectivity index (χ3v) is 6.39. The Labute approximate surface area is 201 Å². The van der Waals surface area contributed by atoms with Crippen LogP contribution in [0, 0.1) is 0 Å². The van der Waals surface area contributed by atoms with E-state index in [4.69, 9.17) is 9.72 Å². The highest BCUT2D eigenvalue weighted by Gasteiger charge is 2.22. The van der Waals surface area contributed by atoms with E-state index in [1.807, 2.05) is 48.2 Å². The quantitative estimate of drug-likeness (QED) is 0.402.